The predicted molar refractivity (Wildman–Crippen MR) is 77.1 cm³/mol. The number of carbonyl (C=O) groups is 2. The highest BCUT2D eigenvalue weighted by Crippen LogP contribution is 2.83. The predicted octanol–water partition coefficient (Wildman–Crippen LogP) is 1.83. The van der Waals surface area contributed by atoms with Crippen molar-refractivity contribution in [3.63, 3.8) is 0 Å². The molecule has 2 atom stereocenters. The molecule has 1 heterocycles. The molecule has 1 aliphatic carbocycles. The molecule has 0 bridgehead atoms. The van der Waals surface area contributed by atoms with E-state index < -0.39 is 10.8 Å². The molecule has 5 heteroatoms. The lowest BCUT2D eigenvalue weighted by Crippen LogP contribution is -2.36. The molecule has 0 spiro atoms. The van der Waals surface area contributed by atoms with Gasteiger partial charge in [-0.1, -0.05) is 20.8 Å². The van der Waals surface area contributed by atoms with Crippen molar-refractivity contribution in [2.75, 3.05) is 20.6 Å². The second-order valence-corrected chi connectivity index (χ2v) is 6.48. The van der Waals surface area contributed by atoms with E-state index >= 15 is 0 Å². The van der Waals surface area contributed by atoms with Crippen molar-refractivity contribution in [3.05, 3.63) is 0 Å². The number of nitrogens with zero attached hydrogens (tertiary/aromatic N) is 1. The molecule has 1 saturated carbocycles. The van der Waals surface area contributed by atoms with E-state index in [2.05, 4.69) is 24.1 Å². The number of imide groups is 1. The van der Waals surface area contributed by atoms with Crippen LogP contribution in [0, 0.1) is 16.2 Å². The molecule has 1 saturated heterocycles. The first kappa shape index (κ1) is 16.4. The molecule has 19 heavy (non-hydrogen) atoms. The Balaban J connectivity index is 0.00000180. The van der Waals surface area contributed by atoms with Gasteiger partial charge in [-0.05, 0) is 45.3 Å². The molecule has 2 aliphatic rings. The van der Waals surface area contributed by atoms with Crippen molar-refractivity contribution in [3.8, 4) is 0 Å². The quantitative estimate of drug-likeness (QED) is 0.785. The van der Waals surface area contributed by atoms with Gasteiger partial charge in [0.1, 0.15) is 0 Å². The maximum absolute atomic E-state index is 12.3. The lowest BCUT2D eigenvalue weighted by atomic mass is 9.88. The molecule has 0 aromatic carbocycles. The van der Waals surface area contributed by atoms with Crippen LogP contribution in [0.15, 0.2) is 0 Å². The molecule has 1 aliphatic heterocycles. The van der Waals surface area contributed by atoms with Gasteiger partial charge in [0.25, 0.3) is 0 Å². The summed E-state index contributed by atoms with van der Waals surface area (Å²) in [6, 6.07) is 0. The van der Waals surface area contributed by atoms with Gasteiger partial charge in [0.2, 0.25) is 11.8 Å². The van der Waals surface area contributed by atoms with Crippen LogP contribution in [0.25, 0.3) is 0 Å². The Kier molecular flexibility index (Phi) is 4.10. The van der Waals surface area contributed by atoms with Gasteiger partial charge in [-0.3, -0.25) is 14.9 Å². The van der Waals surface area contributed by atoms with Crippen LogP contribution in [0.3, 0.4) is 0 Å². The maximum atomic E-state index is 12.3. The van der Waals surface area contributed by atoms with Crippen LogP contribution in [-0.2, 0) is 9.59 Å². The summed E-state index contributed by atoms with van der Waals surface area (Å²) in [7, 11) is 4.06. The molecule has 2 fully saturated rings. The summed E-state index contributed by atoms with van der Waals surface area (Å²) >= 11 is 0. The van der Waals surface area contributed by atoms with Crippen molar-refractivity contribution in [1.29, 1.82) is 0 Å². The summed E-state index contributed by atoms with van der Waals surface area (Å²) < 4.78 is 0. The van der Waals surface area contributed by atoms with Crippen LogP contribution in [0.4, 0.5) is 0 Å². The standard InChI is InChI=1S/C14H24N2O2.ClH/c1-6-13-10(17)15-11(18)14(13,12(13,2)3)8-7-9-16(4)5;/h6-9H2,1-5H3,(H,15,17,18);1H. The maximum Gasteiger partial charge on any atom is 0.234 e. The fraction of sp³-hybridized carbons (Fsp3) is 0.857. The van der Waals surface area contributed by atoms with Crippen molar-refractivity contribution in [2.24, 2.45) is 16.2 Å². The minimum atomic E-state index is -0.457. The zero-order valence-corrected chi connectivity index (χ0v) is 13.3. The van der Waals surface area contributed by atoms with Crippen LogP contribution >= 0.6 is 12.4 Å². The Labute approximate surface area is 121 Å². The van der Waals surface area contributed by atoms with Gasteiger partial charge in [-0.2, -0.15) is 0 Å². The van der Waals surface area contributed by atoms with E-state index in [1.54, 1.807) is 0 Å². The third kappa shape index (κ3) is 1.62. The number of rotatable bonds is 5. The molecule has 110 valence electrons. The van der Waals surface area contributed by atoms with Crippen LogP contribution in [0.5, 0.6) is 0 Å². The molecular weight excluding hydrogens is 264 g/mol. The lowest BCUT2D eigenvalue weighted by molar-refractivity contribution is -0.131. The first-order chi connectivity index (χ1) is 8.28. The average Bonchev–Trinajstić information content (AvgIpc) is 2.57. The average molecular weight is 289 g/mol. The number of halogens is 1. The summed E-state index contributed by atoms with van der Waals surface area (Å²) in [4.78, 5) is 26.5. The van der Waals surface area contributed by atoms with E-state index in [-0.39, 0.29) is 29.6 Å². The third-order valence-electron chi connectivity index (χ3n) is 5.49. The van der Waals surface area contributed by atoms with Crippen LogP contribution in [0.1, 0.15) is 40.0 Å². The van der Waals surface area contributed by atoms with Crippen LogP contribution in [0.2, 0.25) is 0 Å². The van der Waals surface area contributed by atoms with Crippen LogP contribution < -0.4 is 5.32 Å². The van der Waals surface area contributed by atoms with Gasteiger partial charge in [0.05, 0.1) is 10.8 Å². The minimum absolute atomic E-state index is 0. The van der Waals surface area contributed by atoms with Gasteiger partial charge in [-0.15, -0.1) is 12.4 Å². The normalized spacial score (nSPS) is 34.8. The molecule has 0 aromatic rings. The van der Waals surface area contributed by atoms with Gasteiger partial charge < -0.3 is 4.90 Å². The molecule has 1 N–H and O–H groups in total. The van der Waals surface area contributed by atoms with E-state index in [1.807, 2.05) is 21.0 Å². The summed E-state index contributed by atoms with van der Waals surface area (Å²) in [6.07, 6.45) is 2.52. The number of fused-ring (bicyclic) bond motifs is 1. The molecule has 0 radical (unpaired) electrons. The Bertz CT molecular complexity index is 408. The molecule has 0 aromatic heterocycles. The first-order valence-corrected chi connectivity index (χ1v) is 6.78. The molecule has 2 rings (SSSR count). The molecule has 2 amide bonds. The number of hydrogen-bond acceptors (Lipinski definition) is 3. The van der Waals surface area contributed by atoms with Gasteiger partial charge in [-0.25, -0.2) is 0 Å². The Morgan fingerprint density at radius 2 is 1.63 bits per heavy atom. The largest absolute Gasteiger partial charge is 0.309 e. The zero-order chi connectivity index (χ0) is 13.8. The first-order valence-electron chi connectivity index (χ1n) is 6.78. The SMILES string of the molecule is CCC12C(=O)NC(=O)C1(CCCN(C)C)C2(C)C.Cl. The Morgan fingerprint density at radius 1 is 1.11 bits per heavy atom. The highest BCUT2D eigenvalue weighted by atomic mass is 35.5. The number of piperidine rings is 1. The van der Waals surface area contributed by atoms with Gasteiger partial charge in [0, 0.05) is 0 Å². The topological polar surface area (TPSA) is 49.4 Å². The van der Waals surface area contributed by atoms with Crippen molar-refractivity contribution in [2.45, 2.75) is 40.0 Å². The van der Waals surface area contributed by atoms with Gasteiger partial charge >= 0.3 is 0 Å². The lowest BCUT2D eigenvalue weighted by Gasteiger charge is -2.18. The van der Waals surface area contributed by atoms with E-state index in [1.165, 1.54) is 0 Å². The number of amides is 2. The van der Waals surface area contributed by atoms with E-state index in [0.717, 1.165) is 25.8 Å². The number of nitrogens with one attached hydrogen (secondary N) is 1. The van der Waals surface area contributed by atoms with Crippen LogP contribution in [-0.4, -0.2) is 37.4 Å². The number of carbonyl (C=O) groups excluding carboxylic acids is 2. The summed E-state index contributed by atoms with van der Waals surface area (Å²) in [6.45, 7) is 7.12. The van der Waals surface area contributed by atoms with E-state index in [4.69, 9.17) is 0 Å². The fourth-order valence-electron chi connectivity index (χ4n) is 4.54. The summed E-state index contributed by atoms with van der Waals surface area (Å²) in [5.41, 5.74) is -1.11. The smallest absolute Gasteiger partial charge is 0.234 e. The second-order valence-electron chi connectivity index (χ2n) is 6.48. The second kappa shape index (κ2) is 4.74. The van der Waals surface area contributed by atoms with Crippen molar-refractivity contribution < 1.29 is 9.59 Å². The molecule has 4 nitrogen and oxygen atoms in total. The highest BCUT2D eigenvalue weighted by molar-refractivity contribution is 6.15. The van der Waals surface area contributed by atoms with Crippen molar-refractivity contribution >= 4 is 24.2 Å². The molecule has 2 unspecified atom stereocenters. The van der Waals surface area contributed by atoms with E-state index in [0.29, 0.717) is 0 Å². The highest BCUT2D eigenvalue weighted by Gasteiger charge is 2.90. The minimum Gasteiger partial charge on any atom is -0.309 e. The van der Waals surface area contributed by atoms with E-state index in [9.17, 15) is 9.59 Å². The fourth-order valence-corrected chi connectivity index (χ4v) is 4.54. The van der Waals surface area contributed by atoms with Gasteiger partial charge in [0.15, 0.2) is 0 Å². The Morgan fingerprint density at radius 3 is 2.05 bits per heavy atom. The van der Waals surface area contributed by atoms with Crippen molar-refractivity contribution in [1.82, 2.24) is 10.2 Å². The monoisotopic (exact) mass is 288 g/mol. The number of hydrogen-bond donors (Lipinski definition) is 1. The molecular formula is C14H25ClN2O2. The summed E-state index contributed by atoms with van der Waals surface area (Å²) in [5, 5.41) is 2.55. The zero-order valence-electron chi connectivity index (χ0n) is 12.5. The summed E-state index contributed by atoms with van der Waals surface area (Å²) in [5.74, 6) is -0.0945. The Hall–Kier alpha value is -0.610. The third-order valence-corrected chi connectivity index (χ3v) is 5.49.